The van der Waals surface area contributed by atoms with E-state index < -0.39 is 43.7 Å². The van der Waals surface area contributed by atoms with Crippen LogP contribution >= 0.6 is 0 Å². The van der Waals surface area contributed by atoms with Crippen LogP contribution in [0.2, 0.25) is 0 Å². The molecule has 0 amide bonds. The van der Waals surface area contributed by atoms with E-state index in [2.05, 4.69) is 0 Å². The highest BCUT2D eigenvalue weighted by atomic mass is 16.7. The molecule has 2 aliphatic rings. The lowest BCUT2D eigenvalue weighted by Crippen LogP contribution is -2.41. The molecular formula is C12H22BNO2. The van der Waals surface area contributed by atoms with Crippen LogP contribution in [-0.4, -0.2) is 36.8 Å². The van der Waals surface area contributed by atoms with Crippen molar-refractivity contribution in [1.29, 1.82) is 0 Å². The van der Waals surface area contributed by atoms with E-state index in [-0.39, 0.29) is 5.47 Å². The number of allylic oxidation sites excluding steroid dienone is 1. The third-order valence-corrected chi connectivity index (χ3v) is 3.20. The predicted octanol–water partition coefficient (Wildman–Crippen LogP) is 2.23. The Morgan fingerprint density at radius 2 is 1.94 bits per heavy atom. The van der Waals surface area contributed by atoms with Gasteiger partial charge >= 0.3 is 7.12 Å². The van der Waals surface area contributed by atoms with Gasteiger partial charge in [-0.3, -0.25) is 0 Å². The third-order valence-electron chi connectivity index (χ3n) is 3.20. The van der Waals surface area contributed by atoms with Gasteiger partial charge in [-0.25, -0.2) is 0 Å². The highest BCUT2D eigenvalue weighted by Gasteiger charge is 2.52. The zero-order chi connectivity index (χ0) is 18.2. The first-order chi connectivity index (χ1) is 10.0. The molecule has 0 aromatic carbocycles. The van der Waals surface area contributed by atoms with E-state index >= 15 is 0 Å². The molecule has 0 aromatic heterocycles. The van der Waals surface area contributed by atoms with Crippen molar-refractivity contribution < 1.29 is 18.9 Å². The summed E-state index contributed by atoms with van der Waals surface area (Å²) in [7, 11) is -0.0307. The van der Waals surface area contributed by atoms with Crippen LogP contribution in [0.1, 0.15) is 50.0 Å². The maximum absolute atomic E-state index is 8.17. The maximum Gasteiger partial charge on any atom is 0.492 e. The smallest absolute Gasteiger partial charge is 0.400 e. The molecule has 0 atom stereocenters. The van der Waals surface area contributed by atoms with Gasteiger partial charge in [-0.1, -0.05) is 0 Å². The fourth-order valence-electron chi connectivity index (χ4n) is 1.49. The number of rotatable bonds is 1. The van der Waals surface area contributed by atoms with Crippen LogP contribution in [0, 0.1) is 0 Å². The largest absolute Gasteiger partial charge is 0.492 e. The van der Waals surface area contributed by atoms with Crippen molar-refractivity contribution >= 4 is 7.12 Å². The molecule has 2 rings (SSSR count). The van der Waals surface area contributed by atoms with Crippen LogP contribution in [0.15, 0.2) is 11.6 Å². The molecule has 0 aliphatic carbocycles. The van der Waals surface area contributed by atoms with Gasteiger partial charge in [0.25, 0.3) is 0 Å². The Morgan fingerprint density at radius 3 is 2.50 bits per heavy atom. The predicted molar refractivity (Wildman–Crippen MR) is 66.0 cm³/mol. The number of hydrogen-bond acceptors (Lipinski definition) is 3. The van der Waals surface area contributed by atoms with E-state index in [9.17, 15) is 0 Å². The summed E-state index contributed by atoms with van der Waals surface area (Å²) >= 11 is 0. The van der Waals surface area contributed by atoms with E-state index in [1.54, 1.807) is 27.7 Å². The van der Waals surface area contributed by atoms with Gasteiger partial charge in [0, 0.05) is 21.8 Å². The summed E-state index contributed by atoms with van der Waals surface area (Å²) in [6, 6.07) is 0. The van der Waals surface area contributed by atoms with Gasteiger partial charge in [0.05, 0.1) is 12.6 Å². The first kappa shape index (κ1) is 5.92. The average Bonchev–Trinajstić information content (AvgIpc) is 2.54. The summed E-state index contributed by atoms with van der Waals surface area (Å²) in [6.45, 7) is 4.40. The van der Waals surface area contributed by atoms with Crippen molar-refractivity contribution in [3.63, 3.8) is 0 Å². The molecule has 2 aliphatic heterocycles. The molecule has 90 valence electrons. The highest BCUT2D eigenvalue weighted by Crippen LogP contribution is 2.39. The zero-order valence-electron chi connectivity index (χ0n) is 17.3. The van der Waals surface area contributed by atoms with Crippen LogP contribution in [0.25, 0.3) is 0 Å². The van der Waals surface area contributed by atoms with Crippen molar-refractivity contribution in [2.45, 2.75) is 51.6 Å². The molecule has 16 heavy (non-hydrogen) atoms. The Hall–Kier alpha value is -0.475. The summed E-state index contributed by atoms with van der Waals surface area (Å²) in [5.41, 5.74) is -1.88. The molecule has 4 heteroatoms. The third kappa shape index (κ3) is 2.01. The highest BCUT2D eigenvalue weighted by molar-refractivity contribution is 6.54. The van der Waals surface area contributed by atoms with E-state index in [1.165, 1.54) is 7.05 Å². The molecule has 0 unspecified atom stereocenters. The molecule has 0 saturated carbocycles. The van der Waals surface area contributed by atoms with Crippen LogP contribution in [0.4, 0.5) is 0 Å². The SMILES string of the molecule is [2H]C1=C(B2OC(C)(C)C(C)(C)O2)C([2H])([2H])C([2H])([2H])C([2H])([2H])N1C. The van der Waals surface area contributed by atoms with Crippen LogP contribution in [0.5, 0.6) is 0 Å². The second-order valence-electron chi connectivity index (χ2n) is 5.03. The van der Waals surface area contributed by atoms with Gasteiger partial charge in [-0.05, 0) is 52.1 Å². The number of nitrogens with zero attached hydrogens (tertiary/aromatic N) is 1. The fraction of sp³-hybridized carbons (Fsp3) is 0.833. The minimum atomic E-state index is -2.89. The van der Waals surface area contributed by atoms with Crippen molar-refractivity contribution in [3.8, 4) is 0 Å². The summed E-state index contributed by atoms with van der Waals surface area (Å²) in [5.74, 6) is 0. The average molecular weight is 230 g/mol. The van der Waals surface area contributed by atoms with E-state index in [0.29, 0.717) is 0 Å². The van der Waals surface area contributed by atoms with Crippen molar-refractivity contribution in [3.05, 3.63) is 11.6 Å². The lowest BCUT2D eigenvalue weighted by atomic mass is 9.75. The molecule has 1 fully saturated rings. The van der Waals surface area contributed by atoms with Crippen LogP contribution in [0.3, 0.4) is 0 Å². The summed E-state index contributed by atoms with van der Waals surface area (Å²) < 4.78 is 67.8. The minimum absolute atomic E-state index is 0.334. The van der Waals surface area contributed by atoms with Gasteiger partial charge in [0.2, 0.25) is 0 Å². The lowest BCUT2D eigenvalue weighted by molar-refractivity contribution is 0.00578. The Balaban J connectivity index is 2.60. The van der Waals surface area contributed by atoms with Crippen molar-refractivity contribution in [2.75, 3.05) is 13.5 Å². The van der Waals surface area contributed by atoms with Crippen molar-refractivity contribution in [1.82, 2.24) is 4.90 Å². The quantitative estimate of drug-likeness (QED) is 0.645. The Morgan fingerprint density at radius 1 is 1.38 bits per heavy atom. The summed E-state index contributed by atoms with van der Waals surface area (Å²) in [4.78, 5) is 0.786. The molecule has 0 aromatic rings. The van der Waals surface area contributed by atoms with Gasteiger partial charge < -0.3 is 14.2 Å². The van der Waals surface area contributed by atoms with Gasteiger partial charge in [0.15, 0.2) is 0 Å². The maximum atomic E-state index is 8.17. The first-order valence-corrected chi connectivity index (χ1v) is 5.31. The van der Waals surface area contributed by atoms with Crippen molar-refractivity contribution in [2.24, 2.45) is 0 Å². The van der Waals surface area contributed by atoms with Gasteiger partial charge in [-0.15, -0.1) is 0 Å². The molecule has 0 spiro atoms. The molecule has 3 nitrogen and oxygen atoms in total. The monoisotopic (exact) mass is 230 g/mol. The van der Waals surface area contributed by atoms with E-state index in [1.807, 2.05) is 0 Å². The minimum Gasteiger partial charge on any atom is -0.400 e. The van der Waals surface area contributed by atoms with Crippen LogP contribution < -0.4 is 0 Å². The normalized spacial score (nSPS) is 44.7. The fourth-order valence-corrected chi connectivity index (χ4v) is 1.49. The molecule has 0 N–H and O–H groups in total. The standard InChI is InChI=1S/C12H22BNO2/c1-11(2)12(3,4)16-13(15-11)10-7-6-8-14(5)9-10/h9H,6-8H2,1-5H3/i6D2,7D2,8D2,9D. The molecule has 2 heterocycles. The first-order valence-electron chi connectivity index (χ1n) is 8.81. The summed E-state index contributed by atoms with van der Waals surface area (Å²) in [5, 5.41) is 0. The summed E-state index contributed by atoms with van der Waals surface area (Å²) in [6.07, 6.45) is -6.12. The Labute approximate surface area is 109 Å². The van der Waals surface area contributed by atoms with E-state index in [0.717, 1.165) is 4.90 Å². The molecule has 1 saturated heterocycles. The second-order valence-corrected chi connectivity index (χ2v) is 5.03. The van der Waals surface area contributed by atoms with Crippen LogP contribution in [-0.2, 0) is 9.31 Å². The Bertz CT molecular complexity index is 546. The van der Waals surface area contributed by atoms with Gasteiger partial charge in [-0.2, -0.15) is 0 Å². The topological polar surface area (TPSA) is 21.7 Å². The zero-order valence-corrected chi connectivity index (χ0v) is 10.3. The van der Waals surface area contributed by atoms with E-state index in [4.69, 9.17) is 18.9 Å². The lowest BCUT2D eigenvalue weighted by Gasteiger charge is -2.32. The molecular weight excluding hydrogens is 201 g/mol. The molecule has 0 bridgehead atoms. The second kappa shape index (κ2) is 3.78. The molecule has 0 radical (unpaired) electrons. The Kier molecular flexibility index (Phi) is 1.40. The number of hydrogen-bond donors (Lipinski definition) is 0. The van der Waals surface area contributed by atoms with Gasteiger partial charge in [0.1, 0.15) is 0 Å².